The van der Waals surface area contributed by atoms with Crippen LogP contribution in [0.25, 0.3) is 16.9 Å². The molecular formula is C21H13ClF6N4O2. The maximum atomic E-state index is 13.2. The molecule has 6 nitrogen and oxygen atoms in total. The Hall–Kier alpha value is -3.80. The van der Waals surface area contributed by atoms with Crippen molar-refractivity contribution in [1.82, 2.24) is 14.6 Å². The number of nitrogen functional groups attached to an aromatic ring is 1. The molecule has 0 aliphatic heterocycles. The molecular weight excluding hydrogens is 490 g/mol. The molecule has 34 heavy (non-hydrogen) atoms. The van der Waals surface area contributed by atoms with E-state index in [4.69, 9.17) is 22.4 Å². The minimum Gasteiger partial charge on any atom is -0.476 e. The molecule has 4 rings (SSSR count). The maximum absolute atomic E-state index is 13.2. The van der Waals surface area contributed by atoms with Crippen LogP contribution in [0.15, 0.2) is 60.7 Å². The van der Waals surface area contributed by atoms with Crippen molar-refractivity contribution in [3.8, 4) is 11.3 Å². The fourth-order valence-electron chi connectivity index (χ4n) is 2.76. The highest BCUT2D eigenvalue weighted by Gasteiger charge is 2.35. The lowest BCUT2D eigenvalue weighted by Gasteiger charge is -2.10. The summed E-state index contributed by atoms with van der Waals surface area (Å²) in [5.41, 5.74) is 3.17. The highest BCUT2D eigenvalue weighted by Crippen LogP contribution is 2.33. The number of benzene rings is 2. The summed E-state index contributed by atoms with van der Waals surface area (Å²) in [4.78, 5) is 15.0. The molecule has 0 saturated heterocycles. The minimum atomic E-state index is -4.69. The van der Waals surface area contributed by atoms with E-state index in [-0.39, 0.29) is 22.1 Å². The monoisotopic (exact) mass is 502 g/mol. The van der Waals surface area contributed by atoms with Gasteiger partial charge in [0.2, 0.25) is 0 Å². The van der Waals surface area contributed by atoms with Crippen LogP contribution >= 0.6 is 11.6 Å². The van der Waals surface area contributed by atoms with Crippen LogP contribution in [-0.2, 0) is 12.4 Å². The Morgan fingerprint density at radius 2 is 1.59 bits per heavy atom. The van der Waals surface area contributed by atoms with E-state index in [0.29, 0.717) is 10.1 Å². The molecule has 0 aliphatic rings. The van der Waals surface area contributed by atoms with Gasteiger partial charge in [-0.2, -0.15) is 31.4 Å². The first-order valence-corrected chi connectivity index (χ1v) is 9.54. The first-order valence-electron chi connectivity index (χ1n) is 9.16. The van der Waals surface area contributed by atoms with Gasteiger partial charge in [-0.25, -0.2) is 14.3 Å². The summed E-state index contributed by atoms with van der Waals surface area (Å²) in [6.07, 6.45) is -9.05. The van der Waals surface area contributed by atoms with Crippen molar-refractivity contribution >= 4 is 28.9 Å². The van der Waals surface area contributed by atoms with E-state index < -0.39 is 35.3 Å². The van der Waals surface area contributed by atoms with Crippen LogP contribution in [-0.4, -0.2) is 25.7 Å². The minimum absolute atomic E-state index is 0.0634. The van der Waals surface area contributed by atoms with Crippen molar-refractivity contribution < 1.29 is 36.2 Å². The maximum Gasteiger partial charge on any atom is 0.433 e. The predicted octanol–water partition coefficient (Wildman–Crippen LogP) is 6.05. The number of alkyl halides is 6. The SMILES string of the molecule is Nc1cc(C(F)(F)F)ccc1Cl.O=C(O)c1cc2nc(-c3ccccc3)cc(C(F)(F)F)n2n1. The van der Waals surface area contributed by atoms with E-state index in [1.807, 2.05) is 0 Å². The number of rotatable bonds is 2. The first kappa shape index (κ1) is 24.8. The Bertz CT molecular complexity index is 1340. The average molecular weight is 503 g/mol. The van der Waals surface area contributed by atoms with E-state index >= 15 is 0 Å². The molecule has 0 bridgehead atoms. The van der Waals surface area contributed by atoms with Gasteiger partial charge in [0.15, 0.2) is 17.0 Å². The van der Waals surface area contributed by atoms with Crippen molar-refractivity contribution in [2.45, 2.75) is 12.4 Å². The molecule has 0 unspecified atom stereocenters. The Balaban J connectivity index is 0.000000229. The van der Waals surface area contributed by atoms with Gasteiger partial charge in [0.05, 0.1) is 22.0 Å². The topological polar surface area (TPSA) is 93.5 Å². The van der Waals surface area contributed by atoms with Crippen molar-refractivity contribution in [3.05, 3.63) is 82.6 Å². The molecule has 0 atom stereocenters. The summed E-state index contributed by atoms with van der Waals surface area (Å²) in [5.74, 6) is -1.42. The van der Waals surface area contributed by atoms with Crippen LogP contribution in [0, 0.1) is 0 Å². The zero-order chi connectivity index (χ0) is 25.3. The van der Waals surface area contributed by atoms with Crippen LogP contribution in [0.5, 0.6) is 0 Å². The van der Waals surface area contributed by atoms with Crippen LogP contribution in [0.3, 0.4) is 0 Å². The molecule has 178 valence electrons. The summed E-state index contributed by atoms with van der Waals surface area (Å²) >= 11 is 5.44. The van der Waals surface area contributed by atoms with Crippen LogP contribution < -0.4 is 5.73 Å². The highest BCUT2D eigenvalue weighted by atomic mass is 35.5. The van der Waals surface area contributed by atoms with Gasteiger partial charge in [0.1, 0.15) is 0 Å². The summed E-state index contributed by atoms with van der Waals surface area (Å²) < 4.78 is 76.1. The number of aromatic nitrogens is 3. The van der Waals surface area contributed by atoms with Gasteiger partial charge >= 0.3 is 18.3 Å². The van der Waals surface area contributed by atoms with E-state index in [1.54, 1.807) is 30.3 Å². The van der Waals surface area contributed by atoms with Crippen molar-refractivity contribution in [2.24, 2.45) is 0 Å². The molecule has 13 heteroatoms. The molecule has 0 fully saturated rings. The number of halogens is 7. The first-order chi connectivity index (χ1) is 15.8. The number of aromatic carboxylic acids is 1. The smallest absolute Gasteiger partial charge is 0.433 e. The Morgan fingerprint density at radius 3 is 2.12 bits per heavy atom. The van der Waals surface area contributed by atoms with Crippen molar-refractivity contribution in [2.75, 3.05) is 5.73 Å². The fourth-order valence-corrected chi connectivity index (χ4v) is 2.88. The quantitative estimate of drug-likeness (QED) is 0.257. The third-order valence-corrected chi connectivity index (χ3v) is 4.67. The van der Waals surface area contributed by atoms with E-state index in [9.17, 15) is 31.1 Å². The molecule has 0 saturated carbocycles. The second-order valence-corrected chi connectivity index (χ2v) is 7.14. The second kappa shape index (κ2) is 9.21. The lowest BCUT2D eigenvalue weighted by Crippen LogP contribution is -2.14. The number of anilines is 1. The molecule has 0 amide bonds. The number of hydrogen-bond acceptors (Lipinski definition) is 4. The number of nitrogens with zero attached hydrogens (tertiary/aromatic N) is 3. The van der Waals surface area contributed by atoms with Crippen LogP contribution in [0.2, 0.25) is 5.02 Å². The molecule has 2 heterocycles. The summed E-state index contributed by atoms with van der Waals surface area (Å²) in [6, 6.07) is 13.0. The van der Waals surface area contributed by atoms with Gasteiger partial charge in [-0.1, -0.05) is 41.9 Å². The number of nitrogens with two attached hydrogens (primary N) is 1. The zero-order valence-electron chi connectivity index (χ0n) is 16.7. The normalized spacial score (nSPS) is 11.7. The van der Waals surface area contributed by atoms with E-state index in [1.165, 1.54) is 0 Å². The van der Waals surface area contributed by atoms with E-state index in [0.717, 1.165) is 30.3 Å². The zero-order valence-corrected chi connectivity index (χ0v) is 17.4. The molecule has 4 aromatic rings. The molecule has 0 aliphatic carbocycles. The molecule has 0 spiro atoms. The third-order valence-electron chi connectivity index (χ3n) is 4.33. The van der Waals surface area contributed by atoms with Gasteiger partial charge in [0.25, 0.3) is 0 Å². The molecule has 2 aromatic heterocycles. The summed E-state index contributed by atoms with van der Waals surface area (Å²) in [7, 11) is 0. The Labute approximate surface area is 192 Å². The Kier molecular flexibility index (Phi) is 6.73. The van der Waals surface area contributed by atoms with E-state index in [2.05, 4.69) is 10.1 Å². The van der Waals surface area contributed by atoms with Gasteiger partial charge in [0, 0.05) is 11.6 Å². The lowest BCUT2D eigenvalue weighted by molar-refractivity contribution is -0.142. The summed E-state index contributed by atoms with van der Waals surface area (Å²) in [6.45, 7) is 0. The fraction of sp³-hybridized carbons (Fsp3) is 0.0952. The number of hydrogen-bond donors (Lipinski definition) is 2. The van der Waals surface area contributed by atoms with Gasteiger partial charge in [-0.05, 0) is 24.3 Å². The Morgan fingerprint density at radius 1 is 0.941 bits per heavy atom. The largest absolute Gasteiger partial charge is 0.476 e. The van der Waals surface area contributed by atoms with Crippen LogP contribution in [0.4, 0.5) is 32.0 Å². The van der Waals surface area contributed by atoms with Gasteiger partial charge in [-0.15, -0.1) is 0 Å². The average Bonchev–Trinajstić information content (AvgIpc) is 3.19. The van der Waals surface area contributed by atoms with Gasteiger partial charge < -0.3 is 10.8 Å². The number of fused-ring (bicyclic) bond motifs is 1. The van der Waals surface area contributed by atoms with Crippen molar-refractivity contribution in [1.29, 1.82) is 0 Å². The lowest BCUT2D eigenvalue weighted by atomic mass is 10.1. The third kappa shape index (κ3) is 5.57. The van der Waals surface area contributed by atoms with Gasteiger partial charge in [-0.3, -0.25) is 0 Å². The molecule has 3 N–H and O–H groups in total. The summed E-state index contributed by atoms with van der Waals surface area (Å²) in [5, 5.41) is 12.5. The number of carboxylic acid groups (broad SMARTS) is 1. The number of carbonyl (C=O) groups is 1. The molecule has 0 radical (unpaired) electrons. The molecule has 2 aromatic carbocycles. The van der Waals surface area contributed by atoms with Crippen molar-refractivity contribution in [3.63, 3.8) is 0 Å². The standard InChI is InChI=1S/C14H8F3N3O2.C7H5ClF3N/c15-14(16,17)11-6-9(8-4-2-1-3-5-8)18-12-7-10(13(21)22)19-20(11)12;8-5-2-1-4(3-6(5)12)7(9,10)11/h1-7H,(H,21,22);1-3H,12H2. The predicted molar refractivity (Wildman–Crippen MR) is 111 cm³/mol. The second-order valence-electron chi connectivity index (χ2n) is 6.73. The number of carboxylic acids is 1. The highest BCUT2D eigenvalue weighted by molar-refractivity contribution is 6.33. The van der Waals surface area contributed by atoms with Crippen LogP contribution in [0.1, 0.15) is 21.7 Å².